The fourth-order valence-electron chi connectivity index (χ4n) is 2.25. The van der Waals surface area contributed by atoms with Crippen LogP contribution in [0.4, 0.5) is 11.4 Å². The van der Waals surface area contributed by atoms with Gasteiger partial charge in [0.15, 0.2) is 0 Å². The molecule has 2 rings (SSSR count). The molecule has 0 amide bonds. The Hall–Kier alpha value is -1.96. The van der Waals surface area contributed by atoms with Gasteiger partial charge in [-0.2, -0.15) is 0 Å². The first-order chi connectivity index (χ1) is 10.3. The smallest absolute Gasteiger partial charge is 0.119 e. The van der Waals surface area contributed by atoms with Crippen LogP contribution < -0.4 is 10.1 Å². The van der Waals surface area contributed by atoms with Crippen LogP contribution in [0.5, 0.6) is 5.75 Å². The summed E-state index contributed by atoms with van der Waals surface area (Å²) in [5.41, 5.74) is 3.63. The molecule has 0 aromatic heterocycles. The predicted molar refractivity (Wildman–Crippen MR) is 90.6 cm³/mol. The van der Waals surface area contributed by atoms with E-state index < -0.39 is 0 Å². The average molecular weight is 283 g/mol. The summed E-state index contributed by atoms with van der Waals surface area (Å²) in [6, 6.07) is 16.7. The van der Waals surface area contributed by atoms with E-state index in [1.54, 1.807) is 0 Å². The van der Waals surface area contributed by atoms with Crippen molar-refractivity contribution in [3.05, 3.63) is 54.1 Å². The summed E-state index contributed by atoms with van der Waals surface area (Å²) < 4.78 is 5.75. The number of unbranched alkanes of at least 4 members (excludes halogenated alkanes) is 1. The number of hydrogen-bond acceptors (Lipinski definition) is 2. The van der Waals surface area contributed by atoms with Crippen molar-refractivity contribution in [1.29, 1.82) is 0 Å². The Bertz CT molecular complexity index is 537. The Morgan fingerprint density at radius 1 is 0.952 bits per heavy atom. The molecular formula is C19H25NO. The molecule has 2 aromatic carbocycles. The standard InChI is InChI=1S/C19H25NO/c1-3-5-9-16-15-18(21-14-4-2)12-13-19(16)20-17-10-7-6-8-11-17/h6-8,10-13,15,20H,3-5,9,14H2,1-2H3. The summed E-state index contributed by atoms with van der Waals surface area (Å²) in [5.74, 6) is 0.974. The number of hydrogen-bond donors (Lipinski definition) is 1. The maximum atomic E-state index is 5.75. The highest BCUT2D eigenvalue weighted by Crippen LogP contribution is 2.27. The largest absolute Gasteiger partial charge is 0.494 e. The van der Waals surface area contributed by atoms with Gasteiger partial charge in [0.2, 0.25) is 0 Å². The number of anilines is 2. The van der Waals surface area contributed by atoms with Gasteiger partial charge in [0.05, 0.1) is 6.61 Å². The summed E-state index contributed by atoms with van der Waals surface area (Å²) in [4.78, 5) is 0. The lowest BCUT2D eigenvalue weighted by Gasteiger charge is -2.14. The Labute approximate surface area is 128 Å². The van der Waals surface area contributed by atoms with Crippen LogP contribution in [0.25, 0.3) is 0 Å². The van der Waals surface area contributed by atoms with Crippen molar-refractivity contribution in [2.45, 2.75) is 39.5 Å². The molecule has 0 atom stereocenters. The molecule has 0 saturated heterocycles. The summed E-state index contributed by atoms with van der Waals surface area (Å²) in [5, 5.41) is 3.51. The van der Waals surface area contributed by atoms with E-state index >= 15 is 0 Å². The van der Waals surface area contributed by atoms with Crippen molar-refractivity contribution < 1.29 is 4.74 Å². The van der Waals surface area contributed by atoms with E-state index in [1.807, 2.05) is 18.2 Å². The van der Waals surface area contributed by atoms with Crippen molar-refractivity contribution >= 4 is 11.4 Å². The summed E-state index contributed by atoms with van der Waals surface area (Å²) in [6.07, 6.45) is 4.51. The molecule has 0 fully saturated rings. The van der Waals surface area contributed by atoms with Gasteiger partial charge < -0.3 is 10.1 Å². The molecule has 2 heteroatoms. The monoisotopic (exact) mass is 283 g/mol. The van der Waals surface area contributed by atoms with E-state index in [0.29, 0.717) is 0 Å². The minimum atomic E-state index is 0.776. The van der Waals surface area contributed by atoms with Crippen molar-refractivity contribution in [1.82, 2.24) is 0 Å². The van der Waals surface area contributed by atoms with Crippen LogP contribution in [0.2, 0.25) is 0 Å². The van der Waals surface area contributed by atoms with Gasteiger partial charge in [0, 0.05) is 11.4 Å². The third-order valence-corrected chi connectivity index (χ3v) is 3.40. The van der Waals surface area contributed by atoms with Gasteiger partial charge in [-0.25, -0.2) is 0 Å². The fraction of sp³-hybridized carbons (Fsp3) is 0.368. The lowest BCUT2D eigenvalue weighted by Crippen LogP contribution is -2.00. The number of para-hydroxylation sites is 1. The van der Waals surface area contributed by atoms with Crippen LogP contribution in [0.1, 0.15) is 38.7 Å². The van der Waals surface area contributed by atoms with Gasteiger partial charge in [-0.05, 0) is 55.2 Å². The van der Waals surface area contributed by atoms with Crippen molar-refractivity contribution in [2.24, 2.45) is 0 Å². The maximum Gasteiger partial charge on any atom is 0.119 e. The molecule has 0 aliphatic carbocycles. The van der Waals surface area contributed by atoms with Gasteiger partial charge in [0.25, 0.3) is 0 Å². The van der Waals surface area contributed by atoms with E-state index in [-0.39, 0.29) is 0 Å². The summed E-state index contributed by atoms with van der Waals surface area (Å²) in [7, 11) is 0. The highest BCUT2D eigenvalue weighted by atomic mass is 16.5. The fourth-order valence-corrected chi connectivity index (χ4v) is 2.25. The average Bonchev–Trinajstić information content (AvgIpc) is 2.53. The molecule has 0 spiro atoms. The second-order valence-electron chi connectivity index (χ2n) is 5.26. The molecule has 0 radical (unpaired) electrons. The van der Waals surface area contributed by atoms with Crippen LogP contribution in [-0.2, 0) is 6.42 Å². The Kier molecular flexibility index (Phi) is 6.14. The molecule has 0 aliphatic heterocycles. The van der Waals surface area contributed by atoms with Crippen LogP contribution in [0, 0.1) is 0 Å². The van der Waals surface area contributed by atoms with E-state index in [4.69, 9.17) is 4.74 Å². The molecule has 2 aromatic rings. The number of aryl methyl sites for hydroxylation is 1. The third kappa shape index (κ3) is 4.82. The molecule has 0 bridgehead atoms. The van der Waals surface area contributed by atoms with E-state index in [9.17, 15) is 0 Å². The van der Waals surface area contributed by atoms with Crippen LogP contribution in [0.15, 0.2) is 48.5 Å². The molecule has 0 heterocycles. The molecule has 21 heavy (non-hydrogen) atoms. The molecule has 0 saturated carbocycles. The predicted octanol–water partition coefficient (Wildman–Crippen LogP) is 5.56. The van der Waals surface area contributed by atoms with Gasteiger partial charge in [-0.15, -0.1) is 0 Å². The Morgan fingerprint density at radius 2 is 1.76 bits per heavy atom. The zero-order chi connectivity index (χ0) is 14.9. The zero-order valence-electron chi connectivity index (χ0n) is 13.1. The molecule has 1 N–H and O–H groups in total. The first-order valence-corrected chi connectivity index (χ1v) is 7.91. The van der Waals surface area contributed by atoms with E-state index in [2.05, 4.69) is 49.5 Å². The van der Waals surface area contributed by atoms with E-state index in [1.165, 1.54) is 24.1 Å². The van der Waals surface area contributed by atoms with Gasteiger partial charge in [0.1, 0.15) is 5.75 Å². The first-order valence-electron chi connectivity index (χ1n) is 7.91. The van der Waals surface area contributed by atoms with E-state index in [0.717, 1.165) is 30.9 Å². The summed E-state index contributed by atoms with van der Waals surface area (Å²) in [6.45, 7) is 5.13. The SMILES string of the molecule is CCCCc1cc(OCCC)ccc1Nc1ccccc1. The van der Waals surface area contributed by atoms with Crippen molar-refractivity contribution in [3.8, 4) is 5.75 Å². The maximum absolute atomic E-state index is 5.75. The molecule has 112 valence electrons. The second kappa shape index (κ2) is 8.35. The molecule has 0 unspecified atom stereocenters. The quantitative estimate of drug-likeness (QED) is 0.684. The molecule has 0 aliphatic rings. The number of benzene rings is 2. The minimum Gasteiger partial charge on any atom is -0.494 e. The van der Waals surface area contributed by atoms with Crippen molar-refractivity contribution in [2.75, 3.05) is 11.9 Å². The van der Waals surface area contributed by atoms with Crippen molar-refractivity contribution in [3.63, 3.8) is 0 Å². The van der Waals surface area contributed by atoms with Gasteiger partial charge >= 0.3 is 0 Å². The topological polar surface area (TPSA) is 21.3 Å². The highest BCUT2D eigenvalue weighted by Gasteiger charge is 2.05. The van der Waals surface area contributed by atoms with Gasteiger partial charge in [-0.1, -0.05) is 38.5 Å². The lowest BCUT2D eigenvalue weighted by atomic mass is 10.1. The second-order valence-corrected chi connectivity index (χ2v) is 5.26. The van der Waals surface area contributed by atoms with Crippen LogP contribution in [0.3, 0.4) is 0 Å². The van der Waals surface area contributed by atoms with Gasteiger partial charge in [-0.3, -0.25) is 0 Å². The first kappa shape index (κ1) is 15.4. The van der Waals surface area contributed by atoms with Crippen LogP contribution in [-0.4, -0.2) is 6.61 Å². The number of ether oxygens (including phenoxy) is 1. The highest BCUT2D eigenvalue weighted by molar-refractivity contribution is 5.64. The minimum absolute atomic E-state index is 0.776. The third-order valence-electron chi connectivity index (χ3n) is 3.40. The molecular weight excluding hydrogens is 258 g/mol. The normalized spacial score (nSPS) is 10.4. The van der Waals surface area contributed by atoms with Crippen LogP contribution >= 0.6 is 0 Å². The summed E-state index contributed by atoms with van der Waals surface area (Å²) >= 11 is 0. The molecule has 2 nitrogen and oxygen atoms in total. The number of rotatable bonds is 8. The number of nitrogens with one attached hydrogen (secondary N) is 1. The lowest BCUT2D eigenvalue weighted by molar-refractivity contribution is 0.317. The Morgan fingerprint density at radius 3 is 2.48 bits per heavy atom. The Balaban J connectivity index is 2.17. The zero-order valence-corrected chi connectivity index (χ0v) is 13.1.